The number of carbonyl (C=O) groups is 2. The second-order valence-corrected chi connectivity index (χ2v) is 22.7. The quantitative estimate of drug-likeness (QED) is 0.0468. The first kappa shape index (κ1) is 51.5. The topological polar surface area (TPSA) is 233 Å². The van der Waals surface area contributed by atoms with Gasteiger partial charge >= 0.3 is 5.97 Å². The number of aryl methyl sites for hydroxylation is 1. The van der Waals surface area contributed by atoms with Gasteiger partial charge < -0.3 is 14.7 Å². The second kappa shape index (κ2) is 21.0. The zero-order valence-electron chi connectivity index (χ0n) is 37.9. The fourth-order valence-electron chi connectivity index (χ4n) is 8.97. The molecule has 0 unspecified atom stereocenters. The highest BCUT2D eigenvalue weighted by Gasteiger charge is 2.45. The number of rotatable bonds is 23. The van der Waals surface area contributed by atoms with E-state index >= 15 is 0 Å². The van der Waals surface area contributed by atoms with Crippen LogP contribution in [0.3, 0.4) is 0 Å². The van der Waals surface area contributed by atoms with Crippen LogP contribution in [0.25, 0.3) is 0 Å². The molecule has 2 aliphatic heterocycles. The Morgan fingerprint density at radius 1 is 0.769 bits per heavy atom. The SMILES string of the molecule is Cc1ccc2c(c1)C(C)(C)C(=CC=C1CCCC(C=CC3=[N+](CCCCS(=O)(=O)O)c4ccc(S(=O)(=O)O)cc4C3(C)C)=C1OCCCC(=O)CCCC(=O)O)N2CCCCS(=O)(=O)O. The number of nitrogens with zero attached hydrogens (tertiary/aromatic N) is 2. The molecule has 0 saturated carbocycles. The predicted molar refractivity (Wildman–Crippen MR) is 250 cm³/mol. The van der Waals surface area contributed by atoms with E-state index in [1.807, 2.05) is 43.6 Å². The van der Waals surface area contributed by atoms with Gasteiger partial charge in [0, 0.05) is 66.7 Å². The maximum atomic E-state index is 12.6. The molecule has 0 atom stereocenters. The lowest BCUT2D eigenvalue weighted by atomic mass is 9.81. The van der Waals surface area contributed by atoms with Crippen molar-refractivity contribution in [2.75, 3.05) is 36.1 Å². The van der Waals surface area contributed by atoms with E-state index in [0.717, 1.165) is 45.8 Å². The Morgan fingerprint density at radius 3 is 2.11 bits per heavy atom. The number of unbranched alkanes of at least 4 members (excludes halogenated alkanes) is 2. The Kier molecular flexibility index (Phi) is 16.7. The van der Waals surface area contributed by atoms with Gasteiger partial charge in [-0.15, -0.1) is 0 Å². The first-order valence-corrected chi connectivity index (χ1v) is 26.7. The largest absolute Gasteiger partial charge is 0.493 e. The van der Waals surface area contributed by atoms with Crippen molar-refractivity contribution in [3.63, 3.8) is 0 Å². The Labute approximate surface area is 383 Å². The summed E-state index contributed by atoms with van der Waals surface area (Å²) in [6.07, 6.45) is 12.5. The fourth-order valence-corrected chi connectivity index (χ4v) is 10.6. The summed E-state index contributed by atoms with van der Waals surface area (Å²) in [5, 5.41) is 8.99. The standard InChI is InChI=1S/C47H62N2O13S3/c1-33-18-22-40-38(31-33)46(2,3)42(48(40)26-6-8-29-63(53,54)55)24-19-34-13-10-14-35(45(34)62-28-12-16-36(50)15-11-17-44(51)52)20-25-43-47(4,5)39-32-37(65(59,60)61)21-23-41(39)49(43)27-7-9-30-64(56,57)58/h18-25,31-32H,6-17,26-30H2,1-5H3,(H3-,51,52,53,54,55,56,57,58,59,60,61)/p+1. The van der Waals surface area contributed by atoms with Gasteiger partial charge in [-0.3, -0.25) is 23.2 Å². The molecule has 0 amide bonds. The summed E-state index contributed by atoms with van der Waals surface area (Å²) in [7, 11) is -12.8. The van der Waals surface area contributed by atoms with Gasteiger partial charge in [0.2, 0.25) is 5.69 Å². The number of hydrogen-bond donors (Lipinski definition) is 4. The number of aliphatic carboxylic acids is 1. The van der Waals surface area contributed by atoms with Crippen LogP contribution in [0.5, 0.6) is 0 Å². The summed E-state index contributed by atoms with van der Waals surface area (Å²) in [6, 6.07) is 10.7. The average molecular weight is 960 g/mol. The Balaban J connectivity index is 1.56. The molecule has 18 heteroatoms. The van der Waals surface area contributed by atoms with Crippen LogP contribution >= 0.6 is 0 Å². The Morgan fingerprint density at radius 2 is 1.45 bits per heavy atom. The van der Waals surface area contributed by atoms with Crippen LogP contribution in [0.2, 0.25) is 0 Å². The van der Waals surface area contributed by atoms with Crippen molar-refractivity contribution in [2.24, 2.45) is 0 Å². The summed E-state index contributed by atoms with van der Waals surface area (Å²) in [5.74, 6) is -1.09. The highest BCUT2D eigenvalue weighted by atomic mass is 32.2. The van der Waals surface area contributed by atoms with Gasteiger partial charge in [0.15, 0.2) is 5.71 Å². The number of fused-ring (bicyclic) bond motifs is 2. The average Bonchev–Trinajstić information content (AvgIpc) is 3.54. The third-order valence-corrected chi connectivity index (χ3v) is 14.8. The molecule has 0 radical (unpaired) electrons. The van der Waals surface area contributed by atoms with Crippen molar-refractivity contribution in [1.29, 1.82) is 0 Å². The highest BCUT2D eigenvalue weighted by Crippen LogP contribution is 2.48. The van der Waals surface area contributed by atoms with Crippen LogP contribution in [-0.4, -0.2) is 97.3 Å². The monoisotopic (exact) mass is 959 g/mol. The number of Topliss-reactive ketones (excluding diaryl/α,β-unsaturated/α-hetero) is 1. The molecular formula is C47H63N2O13S3+. The van der Waals surface area contributed by atoms with Gasteiger partial charge in [0.05, 0.1) is 28.4 Å². The zero-order valence-corrected chi connectivity index (χ0v) is 40.3. The van der Waals surface area contributed by atoms with E-state index in [2.05, 4.69) is 43.0 Å². The van der Waals surface area contributed by atoms with Crippen molar-refractivity contribution >= 4 is 59.2 Å². The molecule has 0 spiro atoms. The number of carboxylic acids is 1. The predicted octanol–water partition coefficient (Wildman–Crippen LogP) is 8.18. The summed E-state index contributed by atoms with van der Waals surface area (Å²) >= 11 is 0. The maximum absolute atomic E-state index is 12.6. The molecule has 0 aromatic heterocycles. The molecule has 15 nitrogen and oxygen atoms in total. The van der Waals surface area contributed by atoms with Crippen LogP contribution in [0, 0.1) is 6.92 Å². The molecule has 1 aliphatic carbocycles. The van der Waals surface area contributed by atoms with Gasteiger partial charge in [0.1, 0.15) is 18.1 Å². The zero-order chi connectivity index (χ0) is 48.0. The summed E-state index contributed by atoms with van der Waals surface area (Å²) < 4.78 is 108. The highest BCUT2D eigenvalue weighted by molar-refractivity contribution is 7.86. The van der Waals surface area contributed by atoms with E-state index in [4.69, 9.17) is 9.84 Å². The van der Waals surface area contributed by atoms with Crippen LogP contribution in [0.1, 0.15) is 121 Å². The maximum Gasteiger partial charge on any atom is 0.303 e. The third kappa shape index (κ3) is 13.6. The van der Waals surface area contributed by atoms with Crippen molar-refractivity contribution in [1.82, 2.24) is 0 Å². The van der Waals surface area contributed by atoms with Crippen molar-refractivity contribution in [3.05, 3.63) is 100.0 Å². The number of ether oxygens (including phenoxy) is 1. The first-order valence-electron chi connectivity index (χ1n) is 22.0. The number of ketones is 1. The Hall–Kier alpha value is -4.46. The lowest BCUT2D eigenvalue weighted by molar-refractivity contribution is -0.438. The minimum absolute atomic E-state index is 0.0451. The molecule has 0 bridgehead atoms. The van der Waals surface area contributed by atoms with Gasteiger partial charge in [-0.2, -0.15) is 29.8 Å². The normalized spacial score (nSPS) is 18.6. The number of carboxylic acid groups (broad SMARTS) is 1. The number of allylic oxidation sites excluding steroid dienone is 7. The van der Waals surface area contributed by atoms with Crippen molar-refractivity contribution in [2.45, 2.75) is 127 Å². The second-order valence-electron chi connectivity index (χ2n) is 18.1. The molecule has 2 aromatic carbocycles. The number of benzene rings is 2. The lowest BCUT2D eigenvalue weighted by Gasteiger charge is -2.27. The minimum Gasteiger partial charge on any atom is -0.493 e. The lowest BCUT2D eigenvalue weighted by Crippen LogP contribution is -2.28. The van der Waals surface area contributed by atoms with E-state index in [0.29, 0.717) is 62.2 Å². The van der Waals surface area contributed by atoms with Gasteiger partial charge in [-0.25, -0.2) is 0 Å². The molecule has 2 aromatic rings. The van der Waals surface area contributed by atoms with Crippen molar-refractivity contribution in [3.8, 4) is 0 Å². The molecule has 3 aliphatic rings. The summed E-state index contributed by atoms with van der Waals surface area (Å²) in [4.78, 5) is 25.5. The van der Waals surface area contributed by atoms with E-state index in [9.17, 15) is 48.5 Å². The minimum atomic E-state index is -4.52. The third-order valence-electron chi connectivity index (χ3n) is 12.3. The molecule has 356 valence electrons. The van der Waals surface area contributed by atoms with Gasteiger partial charge in [-0.05, 0) is 119 Å². The smallest absolute Gasteiger partial charge is 0.303 e. The Bertz CT molecular complexity index is 2660. The fraction of sp³-hybridized carbons (Fsp3) is 0.511. The van der Waals surface area contributed by atoms with Crippen LogP contribution in [0.4, 0.5) is 11.4 Å². The number of hydrogen-bond acceptors (Lipinski definition) is 10. The van der Waals surface area contributed by atoms with Crippen LogP contribution in [-0.2, 0) is 55.5 Å². The molecule has 65 heavy (non-hydrogen) atoms. The summed E-state index contributed by atoms with van der Waals surface area (Å²) in [6.45, 7) is 11.3. The van der Waals surface area contributed by atoms with E-state index in [1.54, 1.807) is 6.07 Å². The molecule has 0 fully saturated rings. The molecule has 4 N–H and O–H groups in total. The van der Waals surface area contributed by atoms with Gasteiger partial charge in [0.25, 0.3) is 30.4 Å². The summed E-state index contributed by atoms with van der Waals surface area (Å²) in [5.41, 5.74) is 6.99. The van der Waals surface area contributed by atoms with Gasteiger partial charge in [-0.1, -0.05) is 37.6 Å². The van der Waals surface area contributed by atoms with Crippen LogP contribution in [0.15, 0.2) is 88.2 Å². The van der Waals surface area contributed by atoms with E-state index in [-0.39, 0.29) is 61.6 Å². The molecule has 5 rings (SSSR count). The van der Waals surface area contributed by atoms with E-state index in [1.165, 1.54) is 12.1 Å². The van der Waals surface area contributed by atoms with Crippen LogP contribution < -0.4 is 4.90 Å². The number of anilines is 1. The number of carbonyl (C=O) groups excluding carboxylic acids is 1. The first-order chi connectivity index (χ1) is 30.3. The van der Waals surface area contributed by atoms with Crippen molar-refractivity contribution < 1.29 is 62.9 Å². The van der Waals surface area contributed by atoms with E-state index < -0.39 is 52.9 Å². The molecule has 0 saturated heterocycles. The molecule has 2 heterocycles. The molecular weight excluding hydrogens is 897 g/mol.